The van der Waals surface area contributed by atoms with Gasteiger partial charge < -0.3 is 9.80 Å². The summed E-state index contributed by atoms with van der Waals surface area (Å²) in [6.07, 6.45) is 6.61. The van der Waals surface area contributed by atoms with Crippen LogP contribution in [0, 0.1) is 0 Å². The maximum absolute atomic E-state index is 4.78. The fraction of sp³-hybridized carbons (Fsp3) is 0.308. The van der Waals surface area contributed by atoms with Gasteiger partial charge in [-0.3, -0.25) is 0 Å². The summed E-state index contributed by atoms with van der Waals surface area (Å²) in [6.45, 7) is 3.98. The van der Waals surface area contributed by atoms with Crippen molar-refractivity contribution in [3.8, 4) is 0 Å². The summed E-state index contributed by atoms with van der Waals surface area (Å²) in [4.78, 5) is 18.7. The number of anilines is 3. The summed E-state index contributed by atoms with van der Waals surface area (Å²) in [6, 6.07) is 19.1. The van der Waals surface area contributed by atoms with Gasteiger partial charge in [0.2, 0.25) is 17.8 Å². The molecule has 33 heavy (non-hydrogen) atoms. The number of nitrogens with one attached hydrogen (secondary N) is 1. The third-order valence-corrected chi connectivity index (χ3v) is 6.56. The smallest absolute Gasteiger partial charge is 0.250 e. The van der Waals surface area contributed by atoms with E-state index in [4.69, 9.17) is 15.0 Å². The van der Waals surface area contributed by atoms with Crippen molar-refractivity contribution < 1.29 is 0 Å². The van der Waals surface area contributed by atoms with Crippen LogP contribution < -0.4 is 15.2 Å². The van der Waals surface area contributed by atoms with E-state index in [0.29, 0.717) is 5.95 Å². The molecule has 1 aromatic heterocycles. The molecule has 7 heteroatoms. The Balaban J connectivity index is 1.35. The Morgan fingerprint density at radius 2 is 1.21 bits per heavy atom. The summed E-state index contributed by atoms with van der Waals surface area (Å²) >= 11 is 0. The normalized spacial score (nSPS) is 16.5. The molecule has 0 saturated carbocycles. The van der Waals surface area contributed by atoms with Crippen molar-refractivity contribution in [2.75, 3.05) is 41.4 Å². The second kappa shape index (κ2) is 8.65. The fourth-order valence-electron chi connectivity index (χ4n) is 4.86. The van der Waals surface area contributed by atoms with Gasteiger partial charge in [0.1, 0.15) is 0 Å². The van der Waals surface area contributed by atoms with Crippen LogP contribution in [0.2, 0.25) is 0 Å². The van der Waals surface area contributed by atoms with Gasteiger partial charge in [0.25, 0.3) is 0 Å². The van der Waals surface area contributed by atoms with Gasteiger partial charge in [0.05, 0.1) is 6.21 Å². The number of aromatic nitrogens is 3. The van der Waals surface area contributed by atoms with Gasteiger partial charge >= 0.3 is 0 Å². The minimum atomic E-state index is 0.495. The predicted molar refractivity (Wildman–Crippen MR) is 135 cm³/mol. The van der Waals surface area contributed by atoms with E-state index >= 15 is 0 Å². The van der Waals surface area contributed by atoms with Crippen molar-refractivity contribution in [1.29, 1.82) is 0 Å². The maximum Gasteiger partial charge on any atom is 0.250 e. The lowest BCUT2D eigenvalue weighted by Gasteiger charge is -2.20. The monoisotopic (exact) mass is 437 g/mol. The molecule has 2 aliphatic rings. The topological polar surface area (TPSA) is 69.5 Å². The Kier molecular flexibility index (Phi) is 5.22. The summed E-state index contributed by atoms with van der Waals surface area (Å²) in [5.74, 6) is 1.99. The Hall–Kier alpha value is -3.74. The molecule has 166 valence electrons. The SMILES string of the molecule is C(=NNc1nc(N2CCCC2)nc(N2CCCC2)n1)c1c2ccccc2cc2ccccc12. The number of hydrogen-bond donors (Lipinski definition) is 1. The lowest BCUT2D eigenvalue weighted by atomic mass is 9.97. The molecule has 3 heterocycles. The molecule has 3 aromatic carbocycles. The summed E-state index contributed by atoms with van der Waals surface area (Å²) < 4.78 is 0. The highest BCUT2D eigenvalue weighted by Crippen LogP contribution is 2.27. The summed E-state index contributed by atoms with van der Waals surface area (Å²) in [5.41, 5.74) is 4.19. The highest BCUT2D eigenvalue weighted by Gasteiger charge is 2.21. The molecule has 0 radical (unpaired) electrons. The van der Waals surface area contributed by atoms with Crippen molar-refractivity contribution in [2.45, 2.75) is 25.7 Å². The van der Waals surface area contributed by atoms with Gasteiger partial charge in [-0.15, -0.1) is 0 Å². The molecule has 0 spiro atoms. The van der Waals surface area contributed by atoms with Gasteiger partial charge in [0.15, 0.2) is 0 Å². The third-order valence-electron chi connectivity index (χ3n) is 6.56. The van der Waals surface area contributed by atoms with Crippen LogP contribution in [0.1, 0.15) is 31.2 Å². The van der Waals surface area contributed by atoms with Crippen LogP contribution >= 0.6 is 0 Å². The lowest BCUT2D eigenvalue weighted by molar-refractivity contribution is 0.838. The minimum Gasteiger partial charge on any atom is -0.341 e. The van der Waals surface area contributed by atoms with Gasteiger partial charge in [-0.1, -0.05) is 48.5 Å². The number of fused-ring (bicyclic) bond motifs is 2. The van der Waals surface area contributed by atoms with Gasteiger partial charge in [-0.25, -0.2) is 5.43 Å². The van der Waals surface area contributed by atoms with Crippen molar-refractivity contribution in [3.63, 3.8) is 0 Å². The lowest BCUT2D eigenvalue weighted by Crippen LogP contribution is -2.25. The van der Waals surface area contributed by atoms with Crippen LogP contribution in [0.3, 0.4) is 0 Å². The van der Waals surface area contributed by atoms with E-state index in [9.17, 15) is 0 Å². The van der Waals surface area contributed by atoms with Crippen molar-refractivity contribution >= 4 is 45.6 Å². The van der Waals surface area contributed by atoms with E-state index in [1.54, 1.807) is 0 Å². The molecule has 2 saturated heterocycles. The van der Waals surface area contributed by atoms with Crippen LogP contribution in [0.25, 0.3) is 21.5 Å². The molecule has 2 aliphatic heterocycles. The molecule has 0 bridgehead atoms. The van der Waals surface area contributed by atoms with E-state index in [1.165, 1.54) is 47.2 Å². The molecular formula is C26H27N7. The third kappa shape index (κ3) is 3.95. The molecule has 6 rings (SSSR count). The molecule has 7 nitrogen and oxygen atoms in total. The highest BCUT2D eigenvalue weighted by atomic mass is 15.4. The van der Waals surface area contributed by atoms with Gasteiger partial charge in [0, 0.05) is 31.7 Å². The van der Waals surface area contributed by atoms with Crippen molar-refractivity contribution in [1.82, 2.24) is 15.0 Å². The van der Waals surface area contributed by atoms with Crippen LogP contribution in [0.4, 0.5) is 17.8 Å². The van der Waals surface area contributed by atoms with E-state index in [-0.39, 0.29) is 0 Å². The zero-order valence-corrected chi connectivity index (χ0v) is 18.6. The van der Waals surface area contributed by atoms with E-state index in [0.717, 1.165) is 43.6 Å². The molecule has 0 amide bonds. The Bertz CT molecular complexity index is 1230. The average Bonchev–Trinajstić information content (AvgIpc) is 3.58. The van der Waals surface area contributed by atoms with E-state index in [2.05, 4.69) is 74.9 Å². The average molecular weight is 438 g/mol. The Morgan fingerprint density at radius 3 is 1.76 bits per heavy atom. The first-order valence-electron chi connectivity index (χ1n) is 11.8. The van der Waals surface area contributed by atoms with Crippen molar-refractivity contribution in [3.05, 3.63) is 60.2 Å². The summed E-state index contributed by atoms with van der Waals surface area (Å²) in [5, 5.41) is 9.33. The Morgan fingerprint density at radius 1 is 0.697 bits per heavy atom. The zero-order valence-electron chi connectivity index (χ0n) is 18.6. The van der Waals surface area contributed by atoms with Gasteiger partial charge in [-0.05, 0) is 53.3 Å². The molecule has 2 fully saturated rings. The van der Waals surface area contributed by atoms with Crippen LogP contribution in [0.15, 0.2) is 59.7 Å². The van der Waals surface area contributed by atoms with Crippen LogP contribution in [-0.2, 0) is 0 Å². The largest absolute Gasteiger partial charge is 0.341 e. The molecule has 0 aliphatic carbocycles. The maximum atomic E-state index is 4.78. The number of benzene rings is 3. The number of rotatable bonds is 5. The standard InChI is InChI=1S/C26H27N7/c1-3-11-21-19(9-1)17-20-10-2-4-12-22(20)23(21)18-27-31-24-28-25(32-13-5-6-14-32)30-26(29-24)33-15-7-8-16-33/h1-4,9-12,17-18H,5-8,13-16H2,(H,28,29,30,31). The second-order valence-electron chi connectivity index (χ2n) is 8.75. The Labute approximate surface area is 193 Å². The molecular weight excluding hydrogens is 410 g/mol. The molecule has 0 atom stereocenters. The predicted octanol–water partition coefficient (Wildman–Crippen LogP) is 4.82. The summed E-state index contributed by atoms with van der Waals surface area (Å²) in [7, 11) is 0. The number of nitrogens with zero attached hydrogens (tertiary/aromatic N) is 6. The molecule has 4 aromatic rings. The van der Waals surface area contributed by atoms with E-state index in [1.807, 2.05) is 6.21 Å². The fourth-order valence-corrected chi connectivity index (χ4v) is 4.86. The van der Waals surface area contributed by atoms with Gasteiger partial charge in [-0.2, -0.15) is 20.1 Å². The number of hydrogen-bond acceptors (Lipinski definition) is 7. The zero-order chi connectivity index (χ0) is 22.0. The first-order chi connectivity index (χ1) is 16.3. The van der Waals surface area contributed by atoms with E-state index < -0.39 is 0 Å². The quantitative estimate of drug-likeness (QED) is 0.274. The van der Waals surface area contributed by atoms with Crippen molar-refractivity contribution in [2.24, 2.45) is 5.10 Å². The number of hydrazone groups is 1. The second-order valence-corrected chi connectivity index (χ2v) is 8.75. The molecule has 0 unspecified atom stereocenters. The van der Waals surface area contributed by atoms with Crippen LogP contribution in [0.5, 0.6) is 0 Å². The highest BCUT2D eigenvalue weighted by molar-refractivity contribution is 6.13. The first-order valence-corrected chi connectivity index (χ1v) is 11.8. The van der Waals surface area contributed by atoms with Crippen LogP contribution in [-0.4, -0.2) is 47.3 Å². The molecule has 1 N–H and O–H groups in total. The first kappa shape index (κ1) is 19.9. The minimum absolute atomic E-state index is 0.495.